The molecule has 0 spiro atoms. The highest BCUT2D eigenvalue weighted by Gasteiger charge is 2.32. The van der Waals surface area contributed by atoms with Gasteiger partial charge in [0.1, 0.15) is 11.6 Å². The molecule has 2 atom stereocenters. The molecule has 0 radical (unpaired) electrons. The number of anilines is 2. The number of hydrogen-bond donors (Lipinski definition) is 3. The lowest BCUT2D eigenvalue weighted by Gasteiger charge is -2.27. The summed E-state index contributed by atoms with van der Waals surface area (Å²) >= 11 is 0. The van der Waals surface area contributed by atoms with Crippen molar-refractivity contribution in [3.05, 3.63) is 46.5 Å². The van der Waals surface area contributed by atoms with Crippen molar-refractivity contribution in [3.63, 3.8) is 0 Å². The molecule has 4 rings (SSSR count). The minimum absolute atomic E-state index is 0.0435. The van der Waals surface area contributed by atoms with Crippen molar-refractivity contribution >= 4 is 37.8 Å². The van der Waals surface area contributed by atoms with Crippen LogP contribution in [0.1, 0.15) is 85.5 Å². The van der Waals surface area contributed by atoms with Crippen LogP contribution in [0.4, 0.5) is 11.6 Å². The lowest BCUT2D eigenvalue weighted by atomic mass is 9.85. The van der Waals surface area contributed by atoms with Gasteiger partial charge in [-0.3, -0.25) is 9.69 Å². The van der Waals surface area contributed by atoms with Gasteiger partial charge in [-0.25, -0.2) is 4.98 Å². The Morgan fingerprint density at radius 3 is 2.83 bits per heavy atom. The van der Waals surface area contributed by atoms with E-state index < -0.39 is 0 Å². The number of fused-ring (bicyclic) bond motifs is 1. The molecular formula is C28H37N6OP. The van der Waals surface area contributed by atoms with Gasteiger partial charge in [-0.15, -0.1) is 9.24 Å². The molecule has 2 heterocycles. The maximum absolute atomic E-state index is 13.6. The van der Waals surface area contributed by atoms with Crippen molar-refractivity contribution < 1.29 is 4.79 Å². The number of pyridine rings is 1. The summed E-state index contributed by atoms with van der Waals surface area (Å²) in [6.45, 7) is 6.21. The minimum Gasteiger partial charge on any atom is -0.369 e. The summed E-state index contributed by atoms with van der Waals surface area (Å²) in [5.74, 6) is 1.95. The first-order valence-electron chi connectivity index (χ1n) is 13.0. The quantitative estimate of drug-likeness (QED) is 0.217. The zero-order valence-electron chi connectivity index (χ0n) is 21.4. The van der Waals surface area contributed by atoms with Crippen molar-refractivity contribution in [2.75, 3.05) is 23.3 Å². The second-order valence-corrected chi connectivity index (χ2v) is 10.7. The van der Waals surface area contributed by atoms with Gasteiger partial charge in [-0.2, -0.15) is 5.26 Å². The number of carbonyl (C=O) groups excluding carboxylic acids is 1. The van der Waals surface area contributed by atoms with Crippen molar-refractivity contribution in [1.82, 2.24) is 10.3 Å². The zero-order chi connectivity index (χ0) is 25.7. The summed E-state index contributed by atoms with van der Waals surface area (Å²) in [4.78, 5) is 20.1. The van der Waals surface area contributed by atoms with Crippen LogP contribution in [0.3, 0.4) is 0 Å². The van der Waals surface area contributed by atoms with E-state index in [4.69, 9.17) is 15.7 Å². The monoisotopic (exact) mass is 504 g/mol. The number of nitriles is 1. The van der Waals surface area contributed by atoms with Gasteiger partial charge in [0, 0.05) is 30.3 Å². The minimum atomic E-state index is -0.0435. The molecule has 1 aliphatic heterocycles. The first kappa shape index (κ1) is 26.3. The summed E-state index contributed by atoms with van der Waals surface area (Å²) in [7, 11) is 2.81. The highest BCUT2D eigenvalue weighted by atomic mass is 31.0. The van der Waals surface area contributed by atoms with E-state index in [1.165, 1.54) is 19.3 Å². The molecule has 1 fully saturated rings. The molecule has 8 heteroatoms. The van der Waals surface area contributed by atoms with Gasteiger partial charge in [0.2, 0.25) is 0 Å². The number of carbonyl (C=O) groups is 1. The average molecular weight is 505 g/mol. The first-order chi connectivity index (χ1) is 17.4. The third-order valence-electron chi connectivity index (χ3n) is 7.20. The van der Waals surface area contributed by atoms with E-state index in [0.29, 0.717) is 43.3 Å². The number of nitrogens with zero attached hydrogens (tertiary/aromatic N) is 3. The largest absolute Gasteiger partial charge is 0.369 e. The Morgan fingerprint density at radius 1 is 1.33 bits per heavy atom. The molecule has 0 bridgehead atoms. The average Bonchev–Trinajstić information content (AvgIpc) is 3.15. The molecule has 36 heavy (non-hydrogen) atoms. The highest BCUT2D eigenvalue weighted by molar-refractivity contribution is 7.27. The molecule has 7 nitrogen and oxygen atoms in total. The van der Waals surface area contributed by atoms with Gasteiger partial charge in [-0.05, 0) is 84.9 Å². The third kappa shape index (κ3) is 6.11. The number of rotatable bonds is 12. The molecule has 1 amide bonds. The van der Waals surface area contributed by atoms with Crippen LogP contribution in [-0.2, 0) is 13.0 Å². The topological polar surface area (TPSA) is 105 Å². The molecule has 2 aromatic rings. The summed E-state index contributed by atoms with van der Waals surface area (Å²) in [6.07, 6.45) is 6.52. The SMILES string of the molecule is CCCC(=N)Cc1cc(NCCC#N)nc(N2Cc3c(P)cc(C(C)NCC4CCC4)cc3C2=O)c1. The van der Waals surface area contributed by atoms with Crippen LogP contribution in [0.15, 0.2) is 24.3 Å². The van der Waals surface area contributed by atoms with Crippen LogP contribution in [-0.4, -0.2) is 29.7 Å². The smallest absolute Gasteiger partial charge is 0.260 e. The van der Waals surface area contributed by atoms with E-state index in [0.717, 1.165) is 52.9 Å². The summed E-state index contributed by atoms with van der Waals surface area (Å²) in [5, 5.41) is 25.1. The lowest BCUT2D eigenvalue weighted by molar-refractivity contribution is 0.0996. The Kier molecular flexibility index (Phi) is 8.72. The second kappa shape index (κ2) is 12.0. The van der Waals surface area contributed by atoms with E-state index in [2.05, 4.69) is 45.9 Å². The molecule has 1 aromatic carbocycles. The second-order valence-electron chi connectivity index (χ2n) is 10.0. The molecule has 190 valence electrons. The molecule has 2 unspecified atom stereocenters. The summed E-state index contributed by atoms with van der Waals surface area (Å²) in [6, 6.07) is 10.4. The Bertz CT molecular complexity index is 1170. The van der Waals surface area contributed by atoms with Gasteiger partial charge in [0.15, 0.2) is 0 Å². The molecule has 1 saturated carbocycles. The van der Waals surface area contributed by atoms with Crippen LogP contribution >= 0.6 is 9.24 Å². The van der Waals surface area contributed by atoms with E-state index in [9.17, 15) is 4.79 Å². The van der Waals surface area contributed by atoms with Crippen molar-refractivity contribution in [3.8, 4) is 6.07 Å². The van der Waals surface area contributed by atoms with Gasteiger partial charge in [-0.1, -0.05) is 19.8 Å². The van der Waals surface area contributed by atoms with E-state index in [-0.39, 0.29) is 11.9 Å². The fourth-order valence-corrected chi connectivity index (χ4v) is 5.28. The Morgan fingerprint density at radius 2 is 2.14 bits per heavy atom. The van der Waals surface area contributed by atoms with Crippen LogP contribution in [0.2, 0.25) is 0 Å². The normalized spacial score (nSPS) is 15.8. The lowest BCUT2D eigenvalue weighted by Crippen LogP contribution is -2.29. The van der Waals surface area contributed by atoms with Crippen LogP contribution in [0, 0.1) is 22.7 Å². The van der Waals surface area contributed by atoms with Crippen molar-refractivity contribution in [2.45, 2.75) is 71.4 Å². The number of benzene rings is 1. The van der Waals surface area contributed by atoms with Crippen LogP contribution < -0.4 is 20.8 Å². The molecule has 1 aromatic heterocycles. The standard InChI is InChI=1S/C28H37N6OP/c1-3-6-22(30)11-20-12-26(31-10-5-9-29)33-27(13-20)34-17-24-23(28(34)35)14-21(15-25(24)36)18(2)32-16-19-7-4-8-19/h12-15,18-19,30,32H,3-8,10-11,16-17,36H2,1-2H3,(H,31,33). The molecule has 3 N–H and O–H groups in total. The van der Waals surface area contributed by atoms with Gasteiger partial charge in [0.05, 0.1) is 19.0 Å². The predicted octanol–water partition coefficient (Wildman–Crippen LogP) is 4.88. The number of amides is 1. The Hall–Kier alpha value is -2.81. The maximum atomic E-state index is 13.6. The molecular weight excluding hydrogens is 467 g/mol. The predicted molar refractivity (Wildman–Crippen MR) is 149 cm³/mol. The number of nitrogens with one attached hydrogen (secondary N) is 3. The third-order valence-corrected chi connectivity index (χ3v) is 7.71. The van der Waals surface area contributed by atoms with Gasteiger partial charge >= 0.3 is 0 Å². The van der Waals surface area contributed by atoms with Gasteiger partial charge in [0.25, 0.3) is 5.91 Å². The highest BCUT2D eigenvalue weighted by Crippen LogP contribution is 2.31. The van der Waals surface area contributed by atoms with E-state index >= 15 is 0 Å². The van der Waals surface area contributed by atoms with E-state index in [1.54, 1.807) is 4.90 Å². The number of hydrogen-bond acceptors (Lipinski definition) is 6. The number of aromatic nitrogens is 1. The first-order valence-corrected chi connectivity index (χ1v) is 13.6. The van der Waals surface area contributed by atoms with Crippen LogP contribution in [0.25, 0.3) is 0 Å². The Balaban J connectivity index is 1.57. The summed E-state index contributed by atoms with van der Waals surface area (Å²) in [5.41, 5.74) is 4.49. The molecule has 2 aliphatic rings. The zero-order valence-corrected chi connectivity index (χ0v) is 22.5. The van der Waals surface area contributed by atoms with E-state index in [1.807, 2.05) is 18.2 Å². The molecule has 0 saturated heterocycles. The molecule has 1 aliphatic carbocycles. The fraction of sp³-hybridized carbons (Fsp3) is 0.500. The van der Waals surface area contributed by atoms with Crippen molar-refractivity contribution in [1.29, 1.82) is 10.7 Å². The van der Waals surface area contributed by atoms with Gasteiger partial charge < -0.3 is 16.0 Å². The van der Waals surface area contributed by atoms with Crippen molar-refractivity contribution in [2.24, 2.45) is 5.92 Å². The van der Waals surface area contributed by atoms with Crippen LogP contribution in [0.5, 0.6) is 0 Å². The maximum Gasteiger partial charge on any atom is 0.260 e. The Labute approximate surface area is 216 Å². The fourth-order valence-electron chi connectivity index (χ4n) is 4.84. The summed E-state index contributed by atoms with van der Waals surface area (Å²) < 4.78 is 0.